The maximum atomic E-state index is 13.0. The van der Waals surface area contributed by atoms with Crippen molar-refractivity contribution in [2.24, 2.45) is 23.1 Å². The lowest BCUT2D eigenvalue weighted by molar-refractivity contribution is -0.303. The maximum Gasteiger partial charge on any atom is 0.253 e. The number of nitrogens with two attached hydrogens (primary N) is 3. The minimum Gasteiger partial charge on any atom is -0.392 e. The summed E-state index contributed by atoms with van der Waals surface area (Å²) in [5.41, 5.74) is 14.4. The van der Waals surface area contributed by atoms with E-state index in [2.05, 4.69) is 16.0 Å². The first-order valence-electron chi connectivity index (χ1n) is 15.4. The molecule has 45 heavy (non-hydrogen) atoms. The van der Waals surface area contributed by atoms with Crippen LogP contribution in [-0.2, 0) is 19.0 Å². The molecule has 0 aromatic rings. The zero-order chi connectivity index (χ0) is 33.4. The Morgan fingerprint density at radius 3 is 2.33 bits per heavy atom. The number of ether oxygens (including phenoxy) is 3. The minimum absolute atomic E-state index is 0.0265. The van der Waals surface area contributed by atoms with Gasteiger partial charge in [0.1, 0.15) is 36.1 Å². The van der Waals surface area contributed by atoms with Gasteiger partial charge in [-0.1, -0.05) is 0 Å². The molecule has 2 aliphatic heterocycles. The Balaban J connectivity index is 1.56. The lowest BCUT2D eigenvalue weighted by atomic mass is 9.72. The third-order valence-electron chi connectivity index (χ3n) is 9.63. The third kappa shape index (κ3) is 7.62. The Morgan fingerprint density at radius 1 is 1.07 bits per heavy atom. The second kappa shape index (κ2) is 14.5. The van der Waals surface area contributed by atoms with Gasteiger partial charge in [-0.2, -0.15) is 0 Å². The van der Waals surface area contributed by atoms with E-state index in [0.29, 0.717) is 6.42 Å². The first-order valence-corrected chi connectivity index (χ1v) is 15.4. The van der Waals surface area contributed by atoms with Crippen LogP contribution in [0.2, 0.25) is 0 Å². The highest BCUT2D eigenvalue weighted by atomic mass is 16.7. The van der Waals surface area contributed by atoms with E-state index in [1.165, 1.54) is 14.0 Å². The number of rotatable bonds is 12. The van der Waals surface area contributed by atoms with E-state index < -0.39 is 108 Å². The van der Waals surface area contributed by atoms with Crippen LogP contribution in [0.15, 0.2) is 0 Å². The molecule has 18 nitrogen and oxygen atoms in total. The molecule has 2 aliphatic carbocycles. The Hall–Kier alpha value is -1.17. The van der Waals surface area contributed by atoms with Gasteiger partial charge < -0.3 is 88.2 Å². The number of aliphatic hydroxyl groups is 8. The summed E-state index contributed by atoms with van der Waals surface area (Å²) in [6, 6.07) is -3.70. The van der Waals surface area contributed by atoms with Gasteiger partial charge in [0.05, 0.1) is 43.1 Å². The Bertz CT molecular complexity index is 1000. The summed E-state index contributed by atoms with van der Waals surface area (Å²) in [4.78, 5) is 13.0. The number of nitrogens with one attached hydrogen (secondary N) is 3. The number of carbonyl (C=O) groups is 1. The molecule has 1 amide bonds. The monoisotopic (exact) mass is 652 g/mol. The van der Waals surface area contributed by atoms with Crippen LogP contribution in [0.1, 0.15) is 26.2 Å². The number of hydrogen-bond donors (Lipinski definition) is 14. The molecule has 4 fully saturated rings. The molecule has 2 saturated heterocycles. The molecular weight excluding hydrogens is 600 g/mol. The van der Waals surface area contributed by atoms with Gasteiger partial charge in [0.25, 0.3) is 5.91 Å². The summed E-state index contributed by atoms with van der Waals surface area (Å²) in [7, 11) is 1.53. The van der Waals surface area contributed by atoms with E-state index in [1.807, 2.05) is 0 Å². The van der Waals surface area contributed by atoms with Crippen LogP contribution in [0.4, 0.5) is 0 Å². The molecule has 0 bridgehead atoms. The van der Waals surface area contributed by atoms with Crippen LogP contribution in [0.25, 0.3) is 0 Å². The van der Waals surface area contributed by atoms with Crippen LogP contribution in [0.3, 0.4) is 0 Å². The molecule has 262 valence electrons. The third-order valence-corrected chi connectivity index (χ3v) is 9.63. The predicted molar refractivity (Wildman–Crippen MR) is 155 cm³/mol. The molecule has 4 unspecified atom stereocenters. The second-order valence-electron chi connectivity index (χ2n) is 13.2. The van der Waals surface area contributed by atoms with Crippen molar-refractivity contribution in [2.45, 2.75) is 123 Å². The highest BCUT2D eigenvalue weighted by Crippen LogP contribution is 2.39. The van der Waals surface area contributed by atoms with Gasteiger partial charge >= 0.3 is 0 Å². The lowest BCUT2D eigenvalue weighted by Gasteiger charge is -2.52. The zero-order valence-corrected chi connectivity index (χ0v) is 25.6. The zero-order valence-electron chi connectivity index (χ0n) is 25.6. The number of hydrogen-bond acceptors (Lipinski definition) is 17. The Kier molecular flexibility index (Phi) is 11.8. The van der Waals surface area contributed by atoms with Crippen LogP contribution in [-0.4, -0.2) is 177 Å². The molecule has 17 N–H and O–H groups in total. The number of aliphatic hydroxyl groups excluding tert-OH is 6. The molecule has 4 rings (SSSR count). The highest BCUT2D eigenvalue weighted by molar-refractivity contribution is 5.89. The Morgan fingerprint density at radius 2 is 1.73 bits per heavy atom. The van der Waals surface area contributed by atoms with E-state index >= 15 is 0 Å². The van der Waals surface area contributed by atoms with Crippen molar-refractivity contribution in [2.75, 3.05) is 33.3 Å². The van der Waals surface area contributed by atoms with E-state index in [0.717, 1.165) is 0 Å². The van der Waals surface area contributed by atoms with Crippen molar-refractivity contribution in [3.05, 3.63) is 0 Å². The SMILES string of the molecule is CN[C@@H]1[C@@H](O)[C@@H](O[C@H]2[C@H](NC(=O)C3(O)CC3N)C[C@H](N)C([C@H]3O[C@H](CNCC(O)CCN)[C@@H](O)[C@H](O)[C@H]3O)[C@@H]2O)OC[C@]1(C)O. The molecule has 2 saturated carbocycles. The van der Waals surface area contributed by atoms with E-state index in [-0.39, 0.29) is 39.1 Å². The molecule has 17 atom stereocenters. The quantitative estimate of drug-likeness (QED) is 0.0930. The van der Waals surface area contributed by atoms with E-state index in [9.17, 15) is 45.6 Å². The molecule has 18 heteroatoms. The summed E-state index contributed by atoms with van der Waals surface area (Å²) >= 11 is 0. The fraction of sp³-hybridized carbons (Fsp3) is 0.963. The fourth-order valence-electron chi connectivity index (χ4n) is 6.75. The molecule has 0 aromatic carbocycles. The van der Waals surface area contributed by atoms with Crippen molar-refractivity contribution in [1.82, 2.24) is 16.0 Å². The molecule has 0 spiro atoms. The lowest BCUT2D eigenvalue weighted by Crippen LogP contribution is -2.71. The summed E-state index contributed by atoms with van der Waals surface area (Å²) in [5.74, 6) is -1.94. The van der Waals surface area contributed by atoms with Gasteiger partial charge in [0, 0.05) is 37.5 Å². The first-order chi connectivity index (χ1) is 21.1. The summed E-state index contributed by atoms with van der Waals surface area (Å²) < 4.78 is 17.7. The molecular formula is C27H52N6O12. The molecule has 2 heterocycles. The molecule has 0 aromatic heterocycles. The summed E-state index contributed by atoms with van der Waals surface area (Å²) in [6.07, 6.45) is -13.6. The normalized spacial score (nSPS) is 49.4. The first kappa shape index (κ1) is 36.7. The number of likely N-dealkylation sites (N-methyl/N-ethyl adjacent to an activating group) is 1. The largest absolute Gasteiger partial charge is 0.392 e. The topological polar surface area (TPSA) is 321 Å². The average Bonchev–Trinajstić information content (AvgIpc) is 3.59. The van der Waals surface area contributed by atoms with Gasteiger partial charge in [-0.3, -0.25) is 4.79 Å². The van der Waals surface area contributed by atoms with Crippen molar-refractivity contribution in [3.8, 4) is 0 Å². The molecule has 0 radical (unpaired) electrons. The Labute approximate surface area is 261 Å². The van der Waals surface area contributed by atoms with Gasteiger partial charge in [0.2, 0.25) is 0 Å². The smallest absolute Gasteiger partial charge is 0.253 e. The fourth-order valence-corrected chi connectivity index (χ4v) is 6.75. The standard InChI is InChI=1S/C27H52N6O12/c1-26(41)9-43-24(20(39)23(26)31-2)45-21-12(33-25(40)27(42)6-14(27)30)5-11(29)15(17(21)36)22-19(38)18(37)16(35)13(44-22)8-32-7-10(34)3-4-28/h10-24,31-32,34-39,41-42H,3-9,28-30H2,1-2H3,(H,33,40)/t10?,11-,12+,13+,14?,15?,16+,17-,18-,19+,20+,21-,22+,23+,24+,26-,27?/m0/s1. The van der Waals surface area contributed by atoms with Crippen molar-refractivity contribution in [1.29, 1.82) is 0 Å². The highest BCUT2D eigenvalue weighted by Gasteiger charge is 2.60. The van der Waals surface area contributed by atoms with Crippen molar-refractivity contribution < 1.29 is 59.9 Å². The summed E-state index contributed by atoms with van der Waals surface area (Å²) in [6.45, 7) is 1.57. The summed E-state index contributed by atoms with van der Waals surface area (Å²) in [5, 5.41) is 94.7. The van der Waals surface area contributed by atoms with Crippen LogP contribution in [0, 0.1) is 5.92 Å². The number of carbonyl (C=O) groups excluding carboxylic acids is 1. The van der Waals surface area contributed by atoms with Crippen molar-refractivity contribution in [3.63, 3.8) is 0 Å². The van der Waals surface area contributed by atoms with Gasteiger partial charge in [-0.25, -0.2) is 0 Å². The van der Waals surface area contributed by atoms with E-state index in [4.69, 9.17) is 31.4 Å². The maximum absolute atomic E-state index is 13.0. The van der Waals surface area contributed by atoms with E-state index in [1.54, 1.807) is 0 Å². The van der Waals surface area contributed by atoms with Crippen LogP contribution in [0.5, 0.6) is 0 Å². The molecule has 4 aliphatic rings. The second-order valence-corrected chi connectivity index (χ2v) is 13.2. The van der Waals surface area contributed by atoms with Crippen LogP contribution >= 0.6 is 0 Å². The predicted octanol–water partition coefficient (Wildman–Crippen LogP) is -7.77. The van der Waals surface area contributed by atoms with Gasteiger partial charge in [-0.15, -0.1) is 0 Å². The number of amides is 1. The van der Waals surface area contributed by atoms with Crippen molar-refractivity contribution >= 4 is 5.91 Å². The van der Waals surface area contributed by atoms with Gasteiger partial charge in [-0.05, 0) is 33.4 Å². The average molecular weight is 653 g/mol. The van der Waals surface area contributed by atoms with Crippen LogP contribution < -0.4 is 33.2 Å². The van der Waals surface area contributed by atoms with Gasteiger partial charge in [0.15, 0.2) is 11.9 Å². The minimum atomic E-state index is -1.81.